The van der Waals surface area contributed by atoms with E-state index in [1.54, 1.807) is 6.07 Å². The second kappa shape index (κ2) is 9.31. The maximum Gasteiger partial charge on any atom is 0.274 e. The van der Waals surface area contributed by atoms with E-state index < -0.39 is 0 Å². The Balaban J connectivity index is 2.32. The van der Waals surface area contributed by atoms with Gasteiger partial charge in [0.05, 0.1) is 0 Å². The van der Waals surface area contributed by atoms with Crippen LogP contribution < -0.4 is 10.6 Å². The van der Waals surface area contributed by atoms with E-state index in [0.29, 0.717) is 12.1 Å². The van der Waals surface area contributed by atoms with Crippen LogP contribution in [0, 0.1) is 0 Å². The molecule has 5 heteroatoms. The molecule has 1 aromatic heterocycles. The van der Waals surface area contributed by atoms with E-state index in [9.17, 15) is 9.59 Å². The number of nitrogens with one attached hydrogen (secondary N) is 2. The number of rotatable bonds is 7. The molecule has 0 aliphatic heterocycles. The molecule has 0 aliphatic rings. The van der Waals surface area contributed by atoms with E-state index >= 15 is 0 Å². The van der Waals surface area contributed by atoms with Crippen LogP contribution in [0.25, 0.3) is 0 Å². The zero-order valence-electron chi connectivity index (χ0n) is 16.8. The molecule has 2 amide bonds. The molecule has 2 rings (SSSR count). The first-order chi connectivity index (χ1) is 12.8. The number of benzene rings is 1. The van der Waals surface area contributed by atoms with Gasteiger partial charge in [0.25, 0.3) is 11.8 Å². The standard InChI is InChI=1S/C22H29N3O2/c1-6-11-24-21(26)16-10-12-23-19(13-16)22(27)25-20-17(14(2)3)8-7-9-18(20)15(4)5/h7-10,12-15H,6,11H2,1-5H3,(H,24,26)(H,25,27). The molecule has 27 heavy (non-hydrogen) atoms. The van der Waals surface area contributed by atoms with Gasteiger partial charge in [-0.15, -0.1) is 0 Å². The van der Waals surface area contributed by atoms with E-state index in [1.165, 1.54) is 12.3 Å². The van der Waals surface area contributed by atoms with Gasteiger partial charge >= 0.3 is 0 Å². The molecule has 0 unspecified atom stereocenters. The summed E-state index contributed by atoms with van der Waals surface area (Å²) < 4.78 is 0. The number of nitrogens with zero attached hydrogens (tertiary/aromatic N) is 1. The van der Waals surface area contributed by atoms with Gasteiger partial charge in [0.1, 0.15) is 5.69 Å². The van der Waals surface area contributed by atoms with Crippen molar-refractivity contribution in [3.63, 3.8) is 0 Å². The summed E-state index contributed by atoms with van der Waals surface area (Å²) in [6.45, 7) is 11.0. The highest BCUT2D eigenvalue weighted by molar-refractivity contribution is 6.05. The van der Waals surface area contributed by atoms with Crippen LogP contribution in [-0.2, 0) is 0 Å². The van der Waals surface area contributed by atoms with E-state index in [0.717, 1.165) is 23.2 Å². The molecule has 144 valence electrons. The molecule has 0 spiro atoms. The van der Waals surface area contributed by atoms with Crippen LogP contribution in [0.5, 0.6) is 0 Å². The summed E-state index contributed by atoms with van der Waals surface area (Å²) in [4.78, 5) is 29.2. The van der Waals surface area contributed by atoms with E-state index in [-0.39, 0.29) is 29.3 Å². The van der Waals surface area contributed by atoms with Crippen LogP contribution >= 0.6 is 0 Å². The maximum absolute atomic E-state index is 12.8. The minimum atomic E-state index is -0.310. The third-order valence-electron chi connectivity index (χ3n) is 4.40. The minimum Gasteiger partial charge on any atom is -0.352 e. The van der Waals surface area contributed by atoms with Crippen molar-refractivity contribution in [2.45, 2.75) is 52.9 Å². The SMILES string of the molecule is CCCNC(=O)c1ccnc(C(=O)Nc2c(C(C)C)cccc2C(C)C)c1. The molecule has 1 heterocycles. The molecule has 2 N–H and O–H groups in total. The fourth-order valence-electron chi connectivity index (χ4n) is 2.91. The lowest BCUT2D eigenvalue weighted by Gasteiger charge is -2.20. The van der Waals surface area contributed by atoms with Crippen LogP contribution in [0.4, 0.5) is 5.69 Å². The Kier molecular flexibility index (Phi) is 7.11. The van der Waals surface area contributed by atoms with E-state index in [4.69, 9.17) is 0 Å². The van der Waals surface area contributed by atoms with Gasteiger partial charge in [-0.3, -0.25) is 14.6 Å². The summed E-state index contributed by atoms with van der Waals surface area (Å²) in [6, 6.07) is 9.25. The Bertz CT molecular complexity index is 787. The molecule has 2 aromatic rings. The summed E-state index contributed by atoms with van der Waals surface area (Å²) >= 11 is 0. The highest BCUT2D eigenvalue weighted by Crippen LogP contribution is 2.32. The molecular formula is C22H29N3O2. The van der Waals surface area contributed by atoms with E-state index in [1.807, 2.05) is 25.1 Å². The van der Waals surface area contributed by atoms with Gasteiger partial charge in [0.2, 0.25) is 0 Å². The lowest BCUT2D eigenvalue weighted by molar-refractivity contribution is 0.0953. The average Bonchev–Trinajstić information content (AvgIpc) is 2.65. The van der Waals surface area contributed by atoms with Crippen LogP contribution in [0.15, 0.2) is 36.5 Å². The maximum atomic E-state index is 12.8. The normalized spacial score (nSPS) is 10.9. The van der Waals surface area contributed by atoms with Crippen LogP contribution in [0.2, 0.25) is 0 Å². The summed E-state index contributed by atoms with van der Waals surface area (Å²) in [5.74, 6) is 0.0464. The predicted molar refractivity (Wildman–Crippen MR) is 109 cm³/mol. The number of carbonyl (C=O) groups excluding carboxylic acids is 2. The van der Waals surface area contributed by atoms with Gasteiger partial charge in [-0.25, -0.2) is 0 Å². The number of pyridine rings is 1. The minimum absolute atomic E-state index is 0.196. The molecule has 1 aromatic carbocycles. The van der Waals surface area contributed by atoms with Crippen molar-refractivity contribution in [3.05, 3.63) is 58.9 Å². The van der Waals surface area contributed by atoms with Crippen molar-refractivity contribution in [2.24, 2.45) is 0 Å². The molecule has 0 aliphatic carbocycles. The molecule has 0 bridgehead atoms. The van der Waals surface area contributed by atoms with Crippen molar-refractivity contribution in [2.75, 3.05) is 11.9 Å². The Morgan fingerprint density at radius 2 is 1.63 bits per heavy atom. The van der Waals surface area contributed by atoms with Crippen molar-refractivity contribution in [1.82, 2.24) is 10.3 Å². The number of aromatic nitrogens is 1. The number of hydrogen-bond donors (Lipinski definition) is 2. The van der Waals surface area contributed by atoms with Crippen molar-refractivity contribution in [1.29, 1.82) is 0 Å². The fourth-order valence-corrected chi connectivity index (χ4v) is 2.91. The Morgan fingerprint density at radius 1 is 1.00 bits per heavy atom. The monoisotopic (exact) mass is 367 g/mol. The largest absolute Gasteiger partial charge is 0.352 e. The molecule has 0 saturated heterocycles. The van der Waals surface area contributed by atoms with Crippen LogP contribution in [0.3, 0.4) is 0 Å². The zero-order valence-corrected chi connectivity index (χ0v) is 16.8. The summed E-state index contributed by atoms with van der Waals surface area (Å²) in [5.41, 5.74) is 3.69. The number of hydrogen-bond acceptors (Lipinski definition) is 3. The highest BCUT2D eigenvalue weighted by Gasteiger charge is 2.18. The molecule has 0 radical (unpaired) electrons. The molecule has 0 saturated carbocycles. The smallest absolute Gasteiger partial charge is 0.274 e. The third kappa shape index (κ3) is 5.16. The Morgan fingerprint density at radius 3 is 2.19 bits per heavy atom. The van der Waals surface area contributed by atoms with Crippen LogP contribution in [-0.4, -0.2) is 23.3 Å². The first-order valence-electron chi connectivity index (χ1n) is 9.53. The van der Waals surface area contributed by atoms with Gasteiger partial charge in [-0.2, -0.15) is 0 Å². The first kappa shape index (κ1) is 20.6. The Labute approximate surface area is 161 Å². The number of carbonyl (C=O) groups is 2. The van der Waals surface area contributed by atoms with Crippen molar-refractivity contribution >= 4 is 17.5 Å². The molecular weight excluding hydrogens is 338 g/mol. The number of para-hydroxylation sites is 1. The van der Waals surface area contributed by atoms with Gasteiger partial charge in [0, 0.05) is 24.0 Å². The van der Waals surface area contributed by atoms with Gasteiger partial charge < -0.3 is 10.6 Å². The average molecular weight is 367 g/mol. The number of amides is 2. The predicted octanol–water partition coefficient (Wildman–Crippen LogP) is 4.72. The number of anilines is 1. The quantitative estimate of drug-likeness (QED) is 0.744. The lowest BCUT2D eigenvalue weighted by Crippen LogP contribution is -2.25. The Hall–Kier alpha value is -2.69. The summed E-state index contributed by atoms with van der Waals surface area (Å²) in [6.07, 6.45) is 2.35. The molecule has 0 fully saturated rings. The summed E-state index contributed by atoms with van der Waals surface area (Å²) in [5, 5.41) is 5.85. The second-order valence-electron chi connectivity index (χ2n) is 7.26. The lowest BCUT2D eigenvalue weighted by atomic mass is 9.92. The summed E-state index contributed by atoms with van der Waals surface area (Å²) in [7, 11) is 0. The van der Waals surface area contributed by atoms with Gasteiger partial charge in [0.15, 0.2) is 0 Å². The van der Waals surface area contributed by atoms with Crippen LogP contribution in [0.1, 0.15) is 84.8 Å². The van der Waals surface area contributed by atoms with Crippen molar-refractivity contribution < 1.29 is 9.59 Å². The fraction of sp³-hybridized carbons (Fsp3) is 0.409. The van der Waals surface area contributed by atoms with Gasteiger partial charge in [-0.1, -0.05) is 52.8 Å². The third-order valence-corrected chi connectivity index (χ3v) is 4.40. The van der Waals surface area contributed by atoms with Gasteiger partial charge in [-0.05, 0) is 41.5 Å². The second-order valence-corrected chi connectivity index (χ2v) is 7.26. The zero-order chi connectivity index (χ0) is 20.0. The van der Waals surface area contributed by atoms with E-state index in [2.05, 4.69) is 43.3 Å². The molecule has 0 atom stereocenters. The molecule has 5 nitrogen and oxygen atoms in total. The topological polar surface area (TPSA) is 71.1 Å². The first-order valence-corrected chi connectivity index (χ1v) is 9.53. The highest BCUT2D eigenvalue weighted by atomic mass is 16.2. The van der Waals surface area contributed by atoms with Crippen molar-refractivity contribution in [3.8, 4) is 0 Å².